The van der Waals surface area contributed by atoms with Crippen LogP contribution in [0.2, 0.25) is 0 Å². The lowest BCUT2D eigenvalue weighted by molar-refractivity contribution is 0.576. The zero-order chi connectivity index (χ0) is 7.68. The van der Waals surface area contributed by atoms with Gasteiger partial charge in [-0.15, -0.1) is 0 Å². The van der Waals surface area contributed by atoms with E-state index in [1.54, 1.807) is 0 Å². The van der Waals surface area contributed by atoms with Crippen molar-refractivity contribution in [1.29, 1.82) is 0 Å². The van der Waals surface area contributed by atoms with E-state index >= 15 is 0 Å². The molecule has 1 atom stereocenters. The molecule has 1 unspecified atom stereocenters. The molecule has 11 heavy (non-hydrogen) atoms. The third kappa shape index (κ3) is 1.16. The van der Waals surface area contributed by atoms with Crippen molar-refractivity contribution in [3.63, 3.8) is 0 Å². The Kier molecular flexibility index (Phi) is 1.66. The van der Waals surface area contributed by atoms with E-state index in [0.717, 1.165) is 13.0 Å². The van der Waals surface area contributed by atoms with Crippen LogP contribution in [-0.2, 0) is 6.54 Å². The third-order valence-electron chi connectivity index (χ3n) is 2.26. The summed E-state index contributed by atoms with van der Waals surface area (Å²) in [6.07, 6.45) is 5.37. The fourth-order valence-corrected chi connectivity index (χ4v) is 1.62. The largest absolute Gasteiger partial charge is 0.323 e. The molecule has 0 bridgehead atoms. The second-order valence-corrected chi connectivity index (χ2v) is 3.08. The Bertz CT molecular complexity index is 241. The summed E-state index contributed by atoms with van der Waals surface area (Å²) >= 11 is 0. The van der Waals surface area contributed by atoms with E-state index in [0.29, 0.717) is 0 Å². The summed E-state index contributed by atoms with van der Waals surface area (Å²) in [5.41, 5.74) is 7.13. The van der Waals surface area contributed by atoms with Crippen molar-refractivity contribution >= 4 is 0 Å². The lowest BCUT2D eigenvalue weighted by Crippen LogP contribution is -2.13. The maximum Gasteiger partial charge on any atom is 0.0551 e. The Morgan fingerprint density at radius 2 is 2.45 bits per heavy atom. The Morgan fingerprint density at radius 3 is 3.36 bits per heavy atom. The quantitative estimate of drug-likeness (QED) is 0.602. The molecule has 0 spiro atoms. The Balaban J connectivity index is 2.34. The summed E-state index contributed by atoms with van der Waals surface area (Å²) in [5, 5.41) is 4.20. The summed E-state index contributed by atoms with van der Waals surface area (Å²) in [4.78, 5) is 0. The van der Waals surface area contributed by atoms with Gasteiger partial charge in [-0.2, -0.15) is 5.10 Å². The molecule has 60 valence electrons. The van der Waals surface area contributed by atoms with Crippen molar-refractivity contribution in [2.24, 2.45) is 5.73 Å². The molecule has 0 fully saturated rings. The zero-order valence-electron chi connectivity index (χ0n) is 6.53. The molecule has 1 aromatic heterocycles. The second kappa shape index (κ2) is 2.66. The Morgan fingerprint density at radius 1 is 1.55 bits per heavy atom. The van der Waals surface area contributed by atoms with Gasteiger partial charge in [0.2, 0.25) is 0 Å². The molecule has 0 saturated heterocycles. The lowest BCUT2D eigenvalue weighted by atomic mass is 10.1. The normalized spacial score (nSPS) is 24.3. The van der Waals surface area contributed by atoms with Crippen molar-refractivity contribution in [2.75, 3.05) is 0 Å². The molecule has 2 rings (SSSR count). The summed E-state index contributed by atoms with van der Waals surface area (Å²) < 4.78 is 2.03. The SMILES string of the molecule is NC1CCCCn2nccc21. The Hall–Kier alpha value is -0.830. The first-order chi connectivity index (χ1) is 5.38. The van der Waals surface area contributed by atoms with Crippen molar-refractivity contribution < 1.29 is 0 Å². The maximum absolute atomic E-state index is 5.93. The van der Waals surface area contributed by atoms with Gasteiger partial charge in [-0.3, -0.25) is 4.68 Å². The minimum atomic E-state index is 0.208. The highest BCUT2D eigenvalue weighted by atomic mass is 15.3. The van der Waals surface area contributed by atoms with Crippen LogP contribution >= 0.6 is 0 Å². The summed E-state index contributed by atoms with van der Waals surface area (Å²) in [7, 11) is 0. The van der Waals surface area contributed by atoms with E-state index in [1.165, 1.54) is 18.5 Å². The van der Waals surface area contributed by atoms with Gasteiger partial charge in [-0.1, -0.05) is 0 Å². The highest BCUT2D eigenvalue weighted by molar-refractivity contribution is 5.06. The summed E-state index contributed by atoms with van der Waals surface area (Å²) in [5.74, 6) is 0. The van der Waals surface area contributed by atoms with E-state index in [2.05, 4.69) is 5.10 Å². The average molecular weight is 151 g/mol. The first kappa shape index (κ1) is 6.85. The first-order valence-corrected chi connectivity index (χ1v) is 4.15. The highest BCUT2D eigenvalue weighted by Crippen LogP contribution is 2.20. The predicted octanol–water partition coefficient (Wildman–Crippen LogP) is 1.07. The first-order valence-electron chi connectivity index (χ1n) is 4.15. The third-order valence-corrected chi connectivity index (χ3v) is 2.26. The molecule has 0 radical (unpaired) electrons. The van der Waals surface area contributed by atoms with Gasteiger partial charge in [-0.25, -0.2) is 0 Å². The minimum Gasteiger partial charge on any atom is -0.323 e. The number of aryl methyl sites for hydroxylation is 1. The number of rotatable bonds is 0. The van der Waals surface area contributed by atoms with E-state index < -0.39 is 0 Å². The number of hydrogen-bond acceptors (Lipinski definition) is 2. The monoisotopic (exact) mass is 151 g/mol. The van der Waals surface area contributed by atoms with Gasteiger partial charge in [0, 0.05) is 18.8 Å². The van der Waals surface area contributed by atoms with Crippen LogP contribution in [0.15, 0.2) is 12.3 Å². The van der Waals surface area contributed by atoms with Gasteiger partial charge in [-0.05, 0) is 25.3 Å². The summed E-state index contributed by atoms with van der Waals surface area (Å²) in [6.45, 7) is 1.04. The fraction of sp³-hybridized carbons (Fsp3) is 0.625. The van der Waals surface area contributed by atoms with Crippen LogP contribution in [0, 0.1) is 0 Å². The summed E-state index contributed by atoms with van der Waals surface area (Å²) in [6, 6.07) is 2.23. The van der Waals surface area contributed by atoms with Crippen LogP contribution in [0.3, 0.4) is 0 Å². The molecule has 0 aromatic carbocycles. The molecule has 1 aromatic rings. The van der Waals surface area contributed by atoms with Crippen LogP contribution < -0.4 is 5.73 Å². The molecule has 1 aliphatic heterocycles. The molecule has 0 amide bonds. The van der Waals surface area contributed by atoms with Crippen LogP contribution in [0.5, 0.6) is 0 Å². The van der Waals surface area contributed by atoms with E-state index in [1.807, 2.05) is 16.9 Å². The van der Waals surface area contributed by atoms with E-state index in [-0.39, 0.29) is 6.04 Å². The number of hydrogen-bond donors (Lipinski definition) is 1. The molecule has 0 saturated carbocycles. The molecule has 1 aliphatic rings. The molecule has 2 N–H and O–H groups in total. The maximum atomic E-state index is 5.93. The standard InChI is InChI=1S/C8H13N3/c9-7-3-1-2-6-11-8(7)4-5-10-11/h4-5,7H,1-3,6,9H2. The predicted molar refractivity (Wildman–Crippen MR) is 43.0 cm³/mol. The smallest absolute Gasteiger partial charge is 0.0551 e. The Labute approximate surface area is 66.2 Å². The number of aromatic nitrogens is 2. The zero-order valence-corrected chi connectivity index (χ0v) is 6.53. The van der Waals surface area contributed by atoms with Crippen LogP contribution in [-0.4, -0.2) is 9.78 Å². The number of nitrogens with two attached hydrogens (primary N) is 1. The van der Waals surface area contributed by atoms with Gasteiger partial charge in [0.1, 0.15) is 0 Å². The van der Waals surface area contributed by atoms with Crippen LogP contribution in [0.4, 0.5) is 0 Å². The van der Waals surface area contributed by atoms with E-state index in [4.69, 9.17) is 5.73 Å². The fourth-order valence-electron chi connectivity index (χ4n) is 1.62. The van der Waals surface area contributed by atoms with Crippen molar-refractivity contribution in [3.8, 4) is 0 Å². The molecule has 3 nitrogen and oxygen atoms in total. The minimum absolute atomic E-state index is 0.208. The molecule has 3 heteroatoms. The molecule has 2 heterocycles. The second-order valence-electron chi connectivity index (χ2n) is 3.08. The van der Waals surface area contributed by atoms with Crippen molar-refractivity contribution in [2.45, 2.75) is 31.8 Å². The van der Waals surface area contributed by atoms with Crippen molar-refractivity contribution in [3.05, 3.63) is 18.0 Å². The molecular weight excluding hydrogens is 138 g/mol. The lowest BCUT2D eigenvalue weighted by Gasteiger charge is -2.07. The van der Waals surface area contributed by atoms with Gasteiger partial charge in [0.25, 0.3) is 0 Å². The molecule has 0 aliphatic carbocycles. The highest BCUT2D eigenvalue weighted by Gasteiger charge is 2.14. The van der Waals surface area contributed by atoms with E-state index in [9.17, 15) is 0 Å². The van der Waals surface area contributed by atoms with Gasteiger partial charge >= 0.3 is 0 Å². The molecular formula is C8H13N3. The number of fused-ring (bicyclic) bond motifs is 1. The van der Waals surface area contributed by atoms with Gasteiger partial charge < -0.3 is 5.73 Å². The van der Waals surface area contributed by atoms with Gasteiger partial charge in [0.05, 0.1) is 5.69 Å². The topological polar surface area (TPSA) is 43.8 Å². The van der Waals surface area contributed by atoms with Crippen molar-refractivity contribution in [1.82, 2.24) is 9.78 Å². The van der Waals surface area contributed by atoms with Gasteiger partial charge in [0.15, 0.2) is 0 Å². The average Bonchev–Trinajstić information content (AvgIpc) is 2.40. The van der Waals surface area contributed by atoms with Crippen LogP contribution in [0.1, 0.15) is 31.0 Å². The van der Waals surface area contributed by atoms with Crippen LogP contribution in [0.25, 0.3) is 0 Å². The number of nitrogens with zero attached hydrogens (tertiary/aromatic N) is 2.